The van der Waals surface area contributed by atoms with E-state index in [-0.39, 0.29) is 23.6 Å². The number of carbonyl (C=O) groups is 1. The molecule has 0 saturated carbocycles. The number of halogens is 2. The van der Waals surface area contributed by atoms with E-state index < -0.39 is 17.5 Å². The summed E-state index contributed by atoms with van der Waals surface area (Å²) >= 11 is 0. The zero-order valence-corrected chi connectivity index (χ0v) is 18.2. The van der Waals surface area contributed by atoms with Gasteiger partial charge in [-0.1, -0.05) is 6.07 Å². The van der Waals surface area contributed by atoms with Gasteiger partial charge in [-0.2, -0.15) is 5.10 Å². The summed E-state index contributed by atoms with van der Waals surface area (Å²) < 4.78 is 29.5. The van der Waals surface area contributed by atoms with Crippen LogP contribution in [0.25, 0.3) is 22.5 Å². The predicted molar refractivity (Wildman–Crippen MR) is 119 cm³/mol. The lowest BCUT2D eigenvalue weighted by atomic mass is 10.0. The second-order valence-electron chi connectivity index (χ2n) is 7.58. The lowest BCUT2D eigenvalue weighted by Gasteiger charge is -2.13. The highest BCUT2D eigenvalue weighted by molar-refractivity contribution is 5.98. The van der Waals surface area contributed by atoms with Gasteiger partial charge in [-0.25, -0.2) is 18.7 Å². The van der Waals surface area contributed by atoms with Gasteiger partial charge in [0.15, 0.2) is 11.5 Å². The first kappa shape index (κ1) is 22.0. The molecule has 3 heterocycles. The van der Waals surface area contributed by atoms with E-state index in [4.69, 9.17) is 5.73 Å². The van der Waals surface area contributed by atoms with Gasteiger partial charge in [0, 0.05) is 47.9 Å². The zero-order valence-electron chi connectivity index (χ0n) is 18.2. The largest absolute Gasteiger partial charge is 0.382 e. The van der Waals surface area contributed by atoms with Crippen LogP contribution in [0.5, 0.6) is 0 Å². The highest BCUT2D eigenvalue weighted by Crippen LogP contribution is 2.31. The second-order valence-corrected chi connectivity index (χ2v) is 7.58. The number of amides is 1. The molecule has 0 bridgehead atoms. The third-order valence-electron chi connectivity index (χ3n) is 4.96. The monoisotopic (exact) mass is 449 g/mol. The average Bonchev–Trinajstić information content (AvgIpc) is 3.18. The second kappa shape index (κ2) is 8.73. The van der Waals surface area contributed by atoms with Crippen LogP contribution in [0.3, 0.4) is 0 Å². The maximum absolute atomic E-state index is 13.9. The fraction of sp³-hybridized carbons (Fsp3) is 0.174. The first-order valence-electron chi connectivity index (χ1n) is 10.1. The number of aryl methyl sites for hydroxylation is 3. The molecule has 1 aromatic carbocycles. The normalized spacial score (nSPS) is 10.9. The van der Waals surface area contributed by atoms with Crippen LogP contribution in [0.15, 0.2) is 42.7 Å². The van der Waals surface area contributed by atoms with E-state index in [0.29, 0.717) is 22.5 Å². The van der Waals surface area contributed by atoms with Crippen molar-refractivity contribution in [3.63, 3.8) is 0 Å². The number of anilines is 1. The Hall–Kier alpha value is -4.21. The Morgan fingerprint density at radius 2 is 1.67 bits per heavy atom. The molecule has 0 unspecified atom stereocenters. The fourth-order valence-electron chi connectivity index (χ4n) is 3.49. The number of hydrogen-bond donors (Lipinski definition) is 2. The molecule has 168 valence electrons. The molecule has 33 heavy (non-hydrogen) atoms. The van der Waals surface area contributed by atoms with Crippen molar-refractivity contribution in [1.29, 1.82) is 0 Å². The molecule has 4 aromatic rings. The van der Waals surface area contributed by atoms with Gasteiger partial charge in [0.05, 0.1) is 11.9 Å². The van der Waals surface area contributed by atoms with Gasteiger partial charge in [-0.3, -0.25) is 14.5 Å². The molecular weight excluding hydrogens is 428 g/mol. The van der Waals surface area contributed by atoms with Crippen LogP contribution in [0.1, 0.15) is 27.4 Å². The average molecular weight is 449 g/mol. The summed E-state index contributed by atoms with van der Waals surface area (Å²) in [6.45, 7) is 3.33. The molecule has 3 N–H and O–H groups in total. The van der Waals surface area contributed by atoms with Gasteiger partial charge in [-0.15, -0.1) is 0 Å². The molecule has 1 amide bonds. The SMILES string of the molecule is Cc1cc(-c2nc(C(=O)NCc3c(F)cccc3F)c(N)nc2-c2cnn(C)c2)cc(C)n1. The maximum atomic E-state index is 13.9. The number of nitrogens with one attached hydrogen (secondary N) is 1. The van der Waals surface area contributed by atoms with Crippen molar-refractivity contribution in [3.8, 4) is 22.5 Å². The van der Waals surface area contributed by atoms with Crippen molar-refractivity contribution in [2.45, 2.75) is 20.4 Å². The number of benzene rings is 1. The van der Waals surface area contributed by atoms with Crippen LogP contribution in [0.2, 0.25) is 0 Å². The molecule has 10 heteroatoms. The summed E-state index contributed by atoms with van der Waals surface area (Å²) in [6, 6.07) is 7.13. The predicted octanol–water partition coefficient (Wildman–Crippen LogP) is 3.35. The molecule has 0 aliphatic heterocycles. The Kier molecular flexibility index (Phi) is 5.82. The van der Waals surface area contributed by atoms with E-state index in [2.05, 4.69) is 25.4 Å². The van der Waals surface area contributed by atoms with E-state index in [1.165, 1.54) is 6.07 Å². The van der Waals surface area contributed by atoms with Crippen LogP contribution in [0.4, 0.5) is 14.6 Å². The van der Waals surface area contributed by atoms with Crippen molar-refractivity contribution in [1.82, 2.24) is 30.0 Å². The van der Waals surface area contributed by atoms with Gasteiger partial charge in [-0.05, 0) is 38.1 Å². The quantitative estimate of drug-likeness (QED) is 0.483. The minimum absolute atomic E-state index is 0.119. The van der Waals surface area contributed by atoms with Crippen molar-refractivity contribution in [2.75, 3.05) is 5.73 Å². The summed E-state index contributed by atoms with van der Waals surface area (Å²) in [5, 5.41) is 6.65. The minimum atomic E-state index is -0.760. The first-order chi connectivity index (χ1) is 15.7. The standard InChI is InChI=1S/C23H21F2N7O/c1-12-7-14(8-13(2)29-12)19-20(15-9-28-32(3)11-15)31-22(26)21(30-19)23(33)27-10-16-17(24)5-4-6-18(16)25/h4-9,11H,10H2,1-3H3,(H2,26,31)(H,27,33). The van der Waals surface area contributed by atoms with Gasteiger partial charge in [0.1, 0.15) is 17.3 Å². The molecule has 0 atom stereocenters. The van der Waals surface area contributed by atoms with Crippen molar-refractivity contribution < 1.29 is 13.6 Å². The number of hydrogen-bond acceptors (Lipinski definition) is 6. The Morgan fingerprint density at radius 1 is 1.03 bits per heavy atom. The number of rotatable bonds is 5. The minimum Gasteiger partial charge on any atom is -0.382 e. The Balaban J connectivity index is 1.77. The van der Waals surface area contributed by atoms with E-state index >= 15 is 0 Å². The van der Waals surface area contributed by atoms with Crippen molar-refractivity contribution in [3.05, 3.63) is 77.0 Å². The molecular formula is C23H21F2N7O. The van der Waals surface area contributed by atoms with Crippen LogP contribution in [0, 0.1) is 25.5 Å². The fourth-order valence-corrected chi connectivity index (χ4v) is 3.49. The van der Waals surface area contributed by atoms with E-state index in [0.717, 1.165) is 23.5 Å². The third-order valence-corrected chi connectivity index (χ3v) is 4.96. The number of nitrogens with zero attached hydrogens (tertiary/aromatic N) is 5. The Morgan fingerprint density at radius 3 is 2.27 bits per heavy atom. The van der Waals surface area contributed by atoms with E-state index in [1.807, 2.05) is 26.0 Å². The molecule has 0 radical (unpaired) electrons. The van der Waals surface area contributed by atoms with Gasteiger partial charge in [0.25, 0.3) is 5.91 Å². The summed E-state index contributed by atoms with van der Waals surface area (Å²) in [5.41, 5.74) is 9.42. The number of nitrogens with two attached hydrogens (primary N) is 1. The first-order valence-corrected chi connectivity index (χ1v) is 10.1. The molecule has 3 aromatic heterocycles. The molecule has 0 spiro atoms. The molecule has 0 aliphatic carbocycles. The number of carbonyl (C=O) groups excluding carboxylic acids is 1. The van der Waals surface area contributed by atoms with Crippen LogP contribution in [-0.4, -0.2) is 30.6 Å². The Bertz CT molecular complexity index is 1330. The van der Waals surface area contributed by atoms with Crippen LogP contribution >= 0.6 is 0 Å². The smallest absolute Gasteiger partial charge is 0.274 e. The number of nitrogen functional groups attached to an aromatic ring is 1. The van der Waals surface area contributed by atoms with Crippen LogP contribution < -0.4 is 11.1 Å². The van der Waals surface area contributed by atoms with Crippen LogP contribution in [-0.2, 0) is 13.6 Å². The van der Waals surface area contributed by atoms with Crippen molar-refractivity contribution >= 4 is 11.7 Å². The van der Waals surface area contributed by atoms with E-state index in [1.54, 1.807) is 24.1 Å². The molecule has 4 rings (SSSR count). The number of aromatic nitrogens is 5. The molecule has 0 fully saturated rings. The molecule has 8 nitrogen and oxygen atoms in total. The molecule has 0 aliphatic rings. The summed E-state index contributed by atoms with van der Waals surface area (Å²) in [6.07, 6.45) is 3.38. The third kappa shape index (κ3) is 4.54. The maximum Gasteiger partial charge on any atom is 0.274 e. The highest BCUT2D eigenvalue weighted by atomic mass is 19.1. The van der Waals surface area contributed by atoms with E-state index in [9.17, 15) is 13.6 Å². The lowest BCUT2D eigenvalue weighted by Crippen LogP contribution is -2.26. The zero-order chi connectivity index (χ0) is 23.7. The topological polar surface area (TPSA) is 112 Å². The van der Waals surface area contributed by atoms with Gasteiger partial charge in [0.2, 0.25) is 0 Å². The highest BCUT2D eigenvalue weighted by Gasteiger charge is 2.21. The summed E-state index contributed by atoms with van der Waals surface area (Å²) in [5.74, 6) is -2.34. The lowest BCUT2D eigenvalue weighted by molar-refractivity contribution is 0.0946. The molecule has 0 saturated heterocycles. The van der Waals surface area contributed by atoms with Gasteiger partial charge < -0.3 is 11.1 Å². The van der Waals surface area contributed by atoms with Gasteiger partial charge >= 0.3 is 0 Å². The Labute approximate surface area is 188 Å². The summed E-state index contributed by atoms with van der Waals surface area (Å²) in [7, 11) is 1.77. The summed E-state index contributed by atoms with van der Waals surface area (Å²) in [4.78, 5) is 26.2. The number of pyridine rings is 1. The van der Waals surface area contributed by atoms with Crippen molar-refractivity contribution in [2.24, 2.45) is 7.05 Å².